The first kappa shape index (κ1) is 13.1. The Morgan fingerprint density at radius 1 is 1.35 bits per heavy atom. The largest absolute Gasteiger partial charge is 0.397 e. The van der Waals surface area contributed by atoms with Crippen LogP contribution in [0.15, 0.2) is 35.0 Å². The van der Waals surface area contributed by atoms with Gasteiger partial charge in [-0.05, 0) is 40.9 Å². The van der Waals surface area contributed by atoms with E-state index in [-0.39, 0.29) is 5.91 Å². The van der Waals surface area contributed by atoms with Gasteiger partial charge < -0.3 is 11.1 Å². The molecular formula is C15H14N2OS2. The second kappa shape index (κ2) is 5.26. The zero-order valence-electron chi connectivity index (χ0n) is 11.0. The maximum absolute atomic E-state index is 12.2. The maximum atomic E-state index is 12.2. The van der Waals surface area contributed by atoms with E-state index in [2.05, 4.69) is 11.4 Å². The zero-order valence-corrected chi connectivity index (χ0v) is 12.6. The third-order valence-electron chi connectivity index (χ3n) is 3.12. The van der Waals surface area contributed by atoms with E-state index in [1.165, 1.54) is 16.9 Å². The number of nitrogen functional groups attached to an aromatic ring is 1. The minimum Gasteiger partial charge on any atom is -0.397 e. The van der Waals surface area contributed by atoms with Crippen molar-refractivity contribution in [3.8, 4) is 0 Å². The molecule has 3 aromatic rings. The molecule has 0 fully saturated rings. The van der Waals surface area contributed by atoms with Crippen molar-refractivity contribution in [2.45, 2.75) is 13.5 Å². The second-order valence-electron chi connectivity index (χ2n) is 4.66. The molecule has 0 atom stereocenters. The van der Waals surface area contributed by atoms with Crippen LogP contribution in [0.3, 0.4) is 0 Å². The molecule has 0 aliphatic heterocycles. The number of amides is 1. The minimum atomic E-state index is -0.104. The summed E-state index contributed by atoms with van der Waals surface area (Å²) in [6.07, 6.45) is 0. The lowest BCUT2D eigenvalue weighted by atomic mass is 10.1. The van der Waals surface area contributed by atoms with E-state index in [4.69, 9.17) is 5.73 Å². The van der Waals surface area contributed by atoms with Crippen LogP contribution in [0, 0.1) is 6.92 Å². The third kappa shape index (κ3) is 2.42. The van der Waals surface area contributed by atoms with Gasteiger partial charge in [-0.1, -0.05) is 12.1 Å². The summed E-state index contributed by atoms with van der Waals surface area (Å²) < 4.78 is 1.06. The van der Waals surface area contributed by atoms with Crippen LogP contribution in [0.2, 0.25) is 0 Å². The molecule has 0 saturated carbocycles. The Morgan fingerprint density at radius 3 is 2.95 bits per heavy atom. The number of carbonyl (C=O) groups is 1. The average Bonchev–Trinajstić information content (AvgIpc) is 3.04. The molecule has 0 saturated heterocycles. The van der Waals surface area contributed by atoms with Gasteiger partial charge in [0, 0.05) is 16.6 Å². The first-order valence-electron chi connectivity index (χ1n) is 6.23. The van der Waals surface area contributed by atoms with Gasteiger partial charge >= 0.3 is 0 Å². The first-order chi connectivity index (χ1) is 9.65. The summed E-state index contributed by atoms with van der Waals surface area (Å²) in [6.45, 7) is 2.57. The first-order valence-corrected chi connectivity index (χ1v) is 7.99. The highest BCUT2D eigenvalue weighted by atomic mass is 32.1. The fraction of sp³-hybridized carbons (Fsp3) is 0.133. The normalized spacial score (nSPS) is 10.8. The van der Waals surface area contributed by atoms with Gasteiger partial charge in [-0.25, -0.2) is 0 Å². The molecule has 102 valence electrons. The van der Waals surface area contributed by atoms with Gasteiger partial charge in [0.2, 0.25) is 0 Å². The molecular weight excluding hydrogens is 288 g/mol. The van der Waals surface area contributed by atoms with Gasteiger partial charge in [-0.2, -0.15) is 11.3 Å². The van der Waals surface area contributed by atoms with E-state index in [1.54, 1.807) is 11.3 Å². The predicted octanol–water partition coefficient (Wildman–Crippen LogP) is 3.78. The molecule has 0 aliphatic carbocycles. The topological polar surface area (TPSA) is 55.1 Å². The van der Waals surface area contributed by atoms with Crippen molar-refractivity contribution in [3.63, 3.8) is 0 Å². The summed E-state index contributed by atoms with van der Waals surface area (Å²) in [5.41, 5.74) is 8.95. The Labute approximate surface area is 125 Å². The molecule has 0 bridgehead atoms. The van der Waals surface area contributed by atoms with Gasteiger partial charge in [-0.3, -0.25) is 4.79 Å². The van der Waals surface area contributed by atoms with Gasteiger partial charge in [0.05, 0.1) is 5.69 Å². The number of fused-ring (bicyclic) bond motifs is 1. The van der Waals surface area contributed by atoms with Crippen LogP contribution in [0.5, 0.6) is 0 Å². The monoisotopic (exact) mass is 302 g/mol. The van der Waals surface area contributed by atoms with Crippen molar-refractivity contribution in [2.75, 3.05) is 5.73 Å². The Hall–Kier alpha value is -1.85. The van der Waals surface area contributed by atoms with Crippen molar-refractivity contribution in [1.29, 1.82) is 0 Å². The summed E-state index contributed by atoms with van der Waals surface area (Å²) in [4.78, 5) is 12.8. The fourth-order valence-electron chi connectivity index (χ4n) is 2.05. The van der Waals surface area contributed by atoms with Gasteiger partial charge in [0.25, 0.3) is 5.91 Å². The van der Waals surface area contributed by atoms with E-state index in [9.17, 15) is 4.79 Å². The predicted molar refractivity (Wildman–Crippen MR) is 86.5 cm³/mol. The Morgan fingerprint density at radius 2 is 2.20 bits per heavy atom. The van der Waals surface area contributed by atoms with Crippen molar-refractivity contribution >= 4 is 44.4 Å². The molecule has 3 nitrogen and oxygen atoms in total. The quantitative estimate of drug-likeness (QED) is 0.773. The number of hydrogen-bond acceptors (Lipinski definition) is 4. The third-order valence-corrected chi connectivity index (χ3v) is 5.02. The molecule has 0 aliphatic rings. The van der Waals surface area contributed by atoms with Crippen LogP contribution in [0.4, 0.5) is 5.69 Å². The molecule has 0 unspecified atom stereocenters. The van der Waals surface area contributed by atoms with Crippen LogP contribution in [0.1, 0.15) is 20.8 Å². The Balaban J connectivity index is 1.85. The lowest BCUT2D eigenvalue weighted by Gasteiger charge is -2.02. The molecule has 0 radical (unpaired) electrons. The average molecular weight is 302 g/mol. The highest BCUT2D eigenvalue weighted by Crippen LogP contribution is 2.34. The van der Waals surface area contributed by atoms with Crippen LogP contribution < -0.4 is 11.1 Å². The van der Waals surface area contributed by atoms with E-state index in [0.717, 1.165) is 15.6 Å². The van der Waals surface area contributed by atoms with Crippen LogP contribution >= 0.6 is 22.7 Å². The summed E-state index contributed by atoms with van der Waals surface area (Å²) in [6, 6.07) is 8.05. The maximum Gasteiger partial charge on any atom is 0.263 e. The van der Waals surface area contributed by atoms with Gasteiger partial charge in [-0.15, -0.1) is 11.3 Å². The molecule has 20 heavy (non-hydrogen) atoms. The highest BCUT2D eigenvalue weighted by Gasteiger charge is 2.16. The van der Waals surface area contributed by atoms with Gasteiger partial charge in [0.1, 0.15) is 4.88 Å². The SMILES string of the molecule is Cc1ccc2c(N)c(C(=O)NCc3ccsc3)sc2c1. The molecule has 0 spiro atoms. The number of anilines is 1. The molecule has 1 aromatic carbocycles. The number of nitrogens with two attached hydrogens (primary N) is 1. The smallest absolute Gasteiger partial charge is 0.263 e. The van der Waals surface area contributed by atoms with Gasteiger partial charge in [0.15, 0.2) is 0 Å². The van der Waals surface area contributed by atoms with Crippen molar-refractivity contribution in [3.05, 3.63) is 51.0 Å². The lowest BCUT2D eigenvalue weighted by molar-refractivity contribution is 0.0956. The van der Waals surface area contributed by atoms with Crippen LogP contribution in [-0.2, 0) is 6.54 Å². The molecule has 3 N–H and O–H groups in total. The van der Waals surface area contributed by atoms with Crippen LogP contribution in [-0.4, -0.2) is 5.91 Å². The Kier molecular flexibility index (Phi) is 3.46. The van der Waals surface area contributed by atoms with E-state index in [0.29, 0.717) is 17.1 Å². The summed E-state index contributed by atoms with van der Waals surface area (Å²) in [5, 5.41) is 7.90. The molecule has 2 aromatic heterocycles. The Bertz CT molecular complexity index is 760. The van der Waals surface area contributed by atoms with Crippen molar-refractivity contribution in [1.82, 2.24) is 5.32 Å². The summed E-state index contributed by atoms with van der Waals surface area (Å²) >= 11 is 3.07. The number of benzene rings is 1. The number of rotatable bonds is 3. The number of nitrogens with one attached hydrogen (secondary N) is 1. The number of carbonyl (C=O) groups excluding carboxylic acids is 1. The van der Waals surface area contributed by atoms with Crippen molar-refractivity contribution in [2.24, 2.45) is 0 Å². The number of thiophene rings is 2. The second-order valence-corrected chi connectivity index (χ2v) is 6.49. The zero-order chi connectivity index (χ0) is 14.1. The number of aryl methyl sites for hydroxylation is 1. The molecule has 5 heteroatoms. The summed E-state index contributed by atoms with van der Waals surface area (Å²) in [7, 11) is 0. The van der Waals surface area contributed by atoms with Crippen molar-refractivity contribution < 1.29 is 4.79 Å². The van der Waals surface area contributed by atoms with E-state index < -0.39 is 0 Å². The summed E-state index contributed by atoms with van der Waals surface area (Å²) in [5.74, 6) is -0.104. The minimum absolute atomic E-state index is 0.104. The lowest BCUT2D eigenvalue weighted by Crippen LogP contribution is -2.22. The van der Waals surface area contributed by atoms with E-state index >= 15 is 0 Å². The molecule has 3 rings (SSSR count). The number of hydrogen-bond donors (Lipinski definition) is 2. The standard InChI is InChI=1S/C15H14N2OS2/c1-9-2-3-11-12(6-9)20-14(13(11)16)15(18)17-7-10-4-5-19-8-10/h2-6,8H,7,16H2,1H3,(H,17,18). The molecule has 2 heterocycles. The fourth-order valence-corrected chi connectivity index (χ4v) is 3.85. The highest BCUT2D eigenvalue weighted by molar-refractivity contribution is 7.21. The van der Waals surface area contributed by atoms with Crippen LogP contribution in [0.25, 0.3) is 10.1 Å². The van der Waals surface area contributed by atoms with E-state index in [1.807, 2.05) is 35.9 Å². The molecule has 1 amide bonds.